The Morgan fingerprint density at radius 3 is 2.32 bits per heavy atom. The van der Waals surface area contributed by atoms with E-state index in [0.29, 0.717) is 34.4 Å². The summed E-state index contributed by atoms with van der Waals surface area (Å²) in [5, 5.41) is 9.52. The third-order valence-electron chi connectivity index (χ3n) is 5.66. The molecule has 0 aliphatic rings. The third kappa shape index (κ3) is 4.52. The fraction of sp³-hybridized carbons (Fsp3) is 0.185. The van der Waals surface area contributed by atoms with Crippen LogP contribution in [0.2, 0.25) is 0 Å². The largest absolute Gasteiger partial charge is 0.419 e. The number of rotatable bonds is 6. The average Bonchev–Trinajstić information content (AvgIpc) is 3.34. The van der Waals surface area contributed by atoms with Crippen LogP contribution in [0.5, 0.6) is 0 Å². The fourth-order valence-electron chi connectivity index (χ4n) is 3.67. The summed E-state index contributed by atoms with van der Waals surface area (Å²) in [6.07, 6.45) is 0. The lowest BCUT2D eigenvalue weighted by Crippen LogP contribution is -2.24. The van der Waals surface area contributed by atoms with Crippen LogP contribution in [0.15, 0.2) is 87.2 Å². The summed E-state index contributed by atoms with van der Waals surface area (Å²) in [7, 11) is 0. The molecular weight excluding hydrogens is 444 g/mol. The van der Waals surface area contributed by atoms with Gasteiger partial charge in [0.05, 0.1) is 22.7 Å². The van der Waals surface area contributed by atoms with Gasteiger partial charge in [0.25, 0.3) is 5.56 Å². The van der Waals surface area contributed by atoms with Crippen molar-refractivity contribution in [1.82, 2.24) is 19.7 Å². The Morgan fingerprint density at radius 2 is 1.59 bits per heavy atom. The lowest BCUT2D eigenvalue weighted by molar-refractivity contribution is 0.508. The van der Waals surface area contributed by atoms with Gasteiger partial charge in [-0.15, -0.1) is 10.2 Å². The molecular formula is C27H24N4O2S. The highest BCUT2D eigenvalue weighted by atomic mass is 32.2. The molecule has 3 aromatic carbocycles. The highest BCUT2D eigenvalue weighted by molar-refractivity contribution is 7.99. The van der Waals surface area contributed by atoms with Crippen molar-refractivity contribution >= 4 is 22.7 Å². The Balaban J connectivity index is 1.49. The zero-order valence-electron chi connectivity index (χ0n) is 19.2. The quantitative estimate of drug-likeness (QED) is 0.226. The van der Waals surface area contributed by atoms with E-state index in [-0.39, 0.29) is 10.8 Å². The van der Waals surface area contributed by atoms with Crippen molar-refractivity contribution in [2.45, 2.75) is 37.7 Å². The van der Waals surface area contributed by atoms with Crippen LogP contribution in [0.1, 0.15) is 34.8 Å². The molecule has 0 N–H and O–H groups in total. The summed E-state index contributed by atoms with van der Waals surface area (Å²) < 4.78 is 7.70. The van der Waals surface area contributed by atoms with Crippen LogP contribution < -0.4 is 5.56 Å². The van der Waals surface area contributed by atoms with E-state index >= 15 is 0 Å². The molecule has 0 amide bonds. The van der Waals surface area contributed by atoms with E-state index in [2.05, 4.69) is 22.3 Å². The molecule has 5 aromatic rings. The lowest BCUT2D eigenvalue weighted by Gasteiger charge is -2.15. The lowest BCUT2D eigenvalue weighted by atomic mass is 10.1. The molecule has 0 spiro atoms. The average molecular weight is 469 g/mol. The minimum atomic E-state index is -0.191. The van der Waals surface area contributed by atoms with E-state index in [1.807, 2.05) is 81.4 Å². The van der Waals surface area contributed by atoms with Crippen molar-refractivity contribution in [2.24, 2.45) is 0 Å². The van der Waals surface area contributed by atoms with E-state index in [1.54, 1.807) is 4.57 Å². The Labute approximate surface area is 201 Å². The summed E-state index contributed by atoms with van der Waals surface area (Å²) in [4.78, 5) is 18.2. The Bertz CT molecular complexity index is 1510. The molecule has 2 aromatic heterocycles. The first-order chi connectivity index (χ1) is 16.5. The fourth-order valence-corrected chi connectivity index (χ4v) is 4.61. The molecule has 5 rings (SSSR count). The second-order valence-electron chi connectivity index (χ2n) is 8.36. The maximum Gasteiger partial charge on any atom is 0.262 e. The normalized spacial score (nSPS) is 12.2. The number of hydrogen-bond acceptors (Lipinski definition) is 6. The second kappa shape index (κ2) is 9.27. The monoisotopic (exact) mass is 468 g/mol. The molecule has 1 unspecified atom stereocenters. The minimum Gasteiger partial charge on any atom is -0.419 e. The first-order valence-electron chi connectivity index (χ1n) is 11.1. The van der Waals surface area contributed by atoms with Crippen LogP contribution in [-0.4, -0.2) is 19.7 Å². The van der Waals surface area contributed by atoms with Gasteiger partial charge in [-0.1, -0.05) is 71.4 Å². The Hall–Kier alpha value is -3.71. The predicted molar refractivity (Wildman–Crippen MR) is 135 cm³/mol. The maximum absolute atomic E-state index is 13.4. The summed E-state index contributed by atoms with van der Waals surface area (Å²) >= 11 is 1.44. The van der Waals surface area contributed by atoms with E-state index < -0.39 is 0 Å². The number of para-hydroxylation sites is 1. The topological polar surface area (TPSA) is 73.8 Å². The Morgan fingerprint density at radius 1 is 0.912 bits per heavy atom. The Kier molecular flexibility index (Phi) is 6.02. The second-order valence-corrected chi connectivity index (χ2v) is 9.67. The van der Waals surface area contributed by atoms with Gasteiger partial charge in [0.1, 0.15) is 0 Å². The zero-order chi connectivity index (χ0) is 23.7. The molecule has 7 heteroatoms. The summed E-state index contributed by atoms with van der Waals surface area (Å²) in [6, 6.07) is 23.6. The van der Waals surface area contributed by atoms with Gasteiger partial charge < -0.3 is 4.42 Å². The van der Waals surface area contributed by atoms with E-state index in [4.69, 9.17) is 9.40 Å². The van der Waals surface area contributed by atoms with E-state index in [9.17, 15) is 4.79 Å². The highest BCUT2D eigenvalue weighted by Crippen LogP contribution is 2.34. The van der Waals surface area contributed by atoms with Crippen molar-refractivity contribution in [2.75, 3.05) is 0 Å². The smallest absolute Gasteiger partial charge is 0.262 e. The molecule has 6 nitrogen and oxygen atoms in total. The molecule has 0 aliphatic carbocycles. The molecule has 0 bridgehead atoms. The summed E-state index contributed by atoms with van der Waals surface area (Å²) in [6.45, 7) is 6.50. The van der Waals surface area contributed by atoms with Gasteiger partial charge in [-0.2, -0.15) is 0 Å². The van der Waals surface area contributed by atoms with Crippen LogP contribution in [0.25, 0.3) is 22.4 Å². The highest BCUT2D eigenvalue weighted by Gasteiger charge is 2.20. The van der Waals surface area contributed by atoms with Crippen molar-refractivity contribution in [3.8, 4) is 11.5 Å². The first kappa shape index (κ1) is 22.1. The SMILES string of the molecule is Cc1ccc(Cn2c(SC(C)c3nnc(-c4ccc(C)cc4)o3)nc3ccccc3c2=O)cc1. The van der Waals surface area contributed by atoms with Crippen LogP contribution >= 0.6 is 11.8 Å². The molecule has 0 radical (unpaired) electrons. The predicted octanol–water partition coefficient (Wildman–Crippen LogP) is 5.96. The number of aromatic nitrogens is 4. The molecule has 0 saturated carbocycles. The van der Waals surface area contributed by atoms with Crippen LogP contribution in [0.4, 0.5) is 0 Å². The number of thioether (sulfide) groups is 1. The molecule has 34 heavy (non-hydrogen) atoms. The van der Waals surface area contributed by atoms with Crippen LogP contribution in [0.3, 0.4) is 0 Å². The van der Waals surface area contributed by atoms with Crippen LogP contribution in [-0.2, 0) is 6.54 Å². The maximum atomic E-state index is 13.4. The van der Waals surface area contributed by atoms with Gasteiger partial charge in [-0.3, -0.25) is 9.36 Å². The number of fused-ring (bicyclic) bond motifs is 1. The third-order valence-corrected chi connectivity index (χ3v) is 6.73. The van der Waals surface area contributed by atoms with Gasteiger partial charge >= 0.3 is 0 Å². The van der Waals surface area contributed by atoms with Crippen molar-refractivity contribution in [1.29, 1.82) is 0 Å². The molecule has 0 aliphatic heterocycles. The van der Waals surface area contributed by atoms with Crippen molar-refractivity contribution < 1.29 is 4.42 Å². The number of hydrogen-bond donors (Lipinski definition) is 0. The molecule has 1 atom stereocenters. The summed E-state index contributed by atoms with van der Waals surface area (Å²) in [5.74, 6) is 0.968. The number of benzene rings is 3. The van der Waals surface area contributed by atoms with Crippen molar-refractivity contribution in [3.63, 3.8) is 0 Å². The first-order valence-corrected chi connectivity index (χ1v) is 12.0. The minimum absolute atomic E-state index is 0.0632. The van der Waals surface area contributed by atoms with E-state index in [1.165, 1.54) is 22.9 Å². The number of aryl methyl sites for hydroxylation is 2. The summed E-state index contributed by atoms with van der Waals surface area (Å²) in [5.41, 5.74) is 4.87. The molecule has 0 fully saturated rings. The van der Waals surface area contributed by atoms with Gasteiger partial charge in [-0.25, -0.2) is 4.98 Å². The standard InChI is InChI=1S/C27H24N4O2S/c1-17-8-12-20(13-9-17)16-31-26(32)22-6-4-5-7-23(22)28-27(31)34-19(3)24-29-30-25(33-24)21-14-10-18(2)11-15-21/h4-15,19H,16H2,1-3H3. The van der Waals surface area contributed by atoms with Gasteiger partial charge in [-0.05, 0) is 50.6 Å². The van der Waals surface area contributed by atoms with Crippen molar-refractivity contribution in [3.05, 3.63) is 106 Å². The van der Waals surface area contributed by atoms with E-state index in [0.717, 1.165) is 11.1 Å². The number of nitrogens with zero attached hydrogens (tertiary/aromatic N) is 4. The van der Waals surface area contributed by atoms with Gasteiger partial charge in [0.2, 0.25) is 11.8 Å². The molecule has 170 valence electrons. The van der Waals surface area contributed by atoms with Gasteiger partial charge in [0.15, 0.2) is 5.16 Å². The van der Waals surface area contributed by atoms with Gasteiger partial charge in [0, 0.05) is 5.56 Å². The molecule has 2 heterocycles. The zero-order valence-corrected chi connectivity index (χ0v) is 20.0. The molecule has 0 saturated heterocycles. The van der Waals surface area contributed by atoms with Crippen LogP contribution in [0, 0.1) is 13.8 Å².